The van der Waals surface area contributed by atoms with E-state index >= 15 is 0 Å². The summed E-state index contributed by atoms with van der Waals surface area (Å²) in [6, 6.07) is 8.50. The minimum Gasteiger partial charge on any atom is -0.484 e. The fraction of sp³-hybridized carbons (Fsp3) is 0.167. The van der Waals surface area contributed by atoms with Crippen molar-refractivity contribution in [1.82, 2.24) is 15.0 Å². The van der Waals surface area contributed by atoms with Crippen molar-refractivity contribution in [3.05, 3.63) is 47.8 Å². The predicted molar refractivity (Wildman–Crippen MR) is 100 cm³/mol. The van der Waals surface area contributed by atoms with Gasteiger partial charge in [-0.2, -0.15) is 13.2 Å². The van der Waals surface area contributed by atoms with Crippen LogP contribution >= 0.6 is 11.3 Å². The maximum absolute atomic E-state index is 12.7. The zero-order chi connectivity index (χ0) is 21.5. The molecular formula is C18H11F5N4O2S. The number of aromatic nitrogens is 3. The fourth-order valence-electron chi connectivity index (χ4n) is 2.66. The van der Waals surface area contributed by atoms with E-state index in [1.165, 1.54) is 36.4 Å². The number of benzene rings is 2. The Balaban J connectivity index is 1.51. The molecule has 30 heavy (non-hydrogen) atoms. The lowest BCUT2D eigenvalue weighted by molar-refractivity contribution is -0.153. The van der Waals surface area contributed by atoms with Gasteiger partial charge in [0, 0.05) is 5.56 Å². The van der Waals surface area contributed by atoms with Crippen molar-refractivity contribution >= 4 is 43.6 Å². The summed E-state index contributed by atoms with van der Waals surface area (Å²) in [7, 11) is 0. The number of amides is 1. The number of fused-ring (bicyclic) bond motifs is 2. The van der Waals surface area contributed by atoms with Crippen LogP contribution in [0.4, 0.5) is 27.1 Å². The number of hydrogen-bond acceptors (Lipinski definition) is 5. The second-order valence-electron chi connectivity index (χ2n) is 6.16. The topological polar surface area (TPSA) is 79.9 Å². The number of alkyl halides is 5. The van der Waals surface area contributed by atoms with Gasteiger partial charge in [0.1, 0.15) is 5.75 Å². The number of nitrogens with one attached hydrogen (secondary N) is 2. The van der Waals surface area contributed by atoms with Crippen molar-refractivity contribution in [1.29, 1.82) is 0 Å². The normalized spacial score (nSPS) is 12.1. The molecule has 2 N–H and O–H groups in total. The first kappa shape index (κ1) is 20.0. The Morgan fingerprint density at radius 2 is 1.90 bits per heavy atom. The van der Waals surface area contributed by atoms with Crippen molar-refractivity contribution < 1.29 is 31.5 Å². The van der Waals surface area contributed by atoms with Crippen molar-refractivity contribution in [3.8, 4) is 5.75 Å². The number of carbonyl (C=O) groups excluding carboxylic acids is 1. The third kappa shape index (κ3) is 4.32. The van der Waals surface area contributed by atoms with Gasteiger partial charge in [-0.25, -0.2) is 18.7 Å². The van der Waals surface area contributed by atoms with Crippen LogP contribution in [0.1, 0.15) is 22.6 Å². The number of imidazole rings is 1. The van der Waals surface area contributed by atoms with Gasteiger partial charge in [-0.3, -0.25) is 10.1 Å². The number of nitrogens with zero attached hydrogens (tertiary/aromatic N) is 2. The molecule has 0 aliphatic heterocycles. The van der Waals surface area contributed by atoms with Gasteiger partial charge in [-0.15, -0.1) is 0 Å². The Hall–Kier alpha value is -3.28. The highest BCUT2D eigenvalue weighted by Crippen LogP contribution is 2.30. The van der Waals surface area contributed by atoms with E-state index in [0.29, 0.717) is 15.7 Å². The van der Waals surface area contributed by atoms with E-state index in [9.17, 15) is 26.7 Å². The summed E-state index contributed by atoms with van der Waals surface area (Å²) in [6.45, 7) is -1.41. The molecule has 1 amide bonds. The summed E-state index contributed by atoms with van der Waals surface area (Å²) in [5.41, 5.74) is 1.25. The number of carbonyl (C=O) groups is 1. The molecule has 0 spiro atoms. The zero-order valence-corrected chi connectivity index (χ0v) is 15.6. The first-order valence-corrected chi connectivity index (χ1v) is 9.19. The second-order valence-corrected chi connectivity index (χ2v) is 7.19. The van der Waals surface area contributed by atoms with E-state index in [1.807, 2.05) is 0 Å². The van der Waals surface area contributed by atoms with E-state index in [0.717, 1.165) is 11.3 Å². The minimum atomic E-state index is -4.45. The van der Waals surface area contributed by atoms with Crippen LogP contribution in [0.25, 0.3) is 21.3 Å². The number of rotatable bonds is 5. The molecule has 2 aromatic heterocycles. The molecule has 4 aromatic rings. The highest BCUT2D eigenvalue weighted by atomic mass is 32.1. The SMILES string of the molecule is O=C(Nc1nc2ccc(OCC(F)(F)F)cc2s1)c1ccc2nc(C(F)F)[nH]c2c1. The largest absolute Gasteiger partial charge is 0.484 e. The predicted octanol–water partition coefficient (Wildman–Crippen LogP) is 5.30. The molecule has 0 fully saturated rings. The molecular weight excluding hydrogens is 431 g/mol. The number of halogens is 5. The Morgan fingerprint density at radius 1 is 1.13 bits per heavy atom. The number of anilines is 1. The third-order valence-corrected chi connectivity index (χ3v) is 4.89. The van der Waals surface area contributed by atoms with E-state index in [1.54, 1.807) is 0 Å². The first-order valence-electron chi connectivity index (χ1n) is 8.37. The van der Waals surface area contributed by atoms with Crippen LogP contribution in [0.3, 0.4) is 0 Å². The molecule has 6 nitrogen and oxygen atoms in total. The first-order chi connectivity index (χ1) is 14.2. The molecule has 2 aromatic carbocycles. The monoisotopic (exact) mass is 442 g/mol. The Labute approximate surface area is 168 Å². The second kappa shape index (κ2) is 7.52. The zero-order valence-electron chi connectivity index (χ0n) is 14.8. The van der Waals surface area contributed by atoms with Crippen molar-refractivity contribution in [2.24, 2.45) is 0 Å². The maximum atomic E-state index is 12.7. The van der Waals surface area contributed by atoms with Crippen molar-refractivity contribution in [2.75, 3.05) is 11.9 Å². The molecule has 0 aliphatic rings. The molecule has 0 saturated heterocycles. The van der Waals surface area contributed by atoms with E-state index in [-0.39, 0.29) is 22.0 Å². The Kier molecular flexibility index (Phi) is 5.02. The van der Waals surface area contributed by atoms with Crippen molar-refractivity contribution in [2.45, 2.75) is 12.6 Å². The summed E-state index contributed by atoms with van der Waals surface area (Å²) in [6.07, 6.45) is -7.21. The van der Waals surface area contributed by atoms with Crippen LogP contribution in [-0.2, 0) is 0 Å². The Morgan fingerprint density at radius 3 is 2.63 bits per heavy atom. The quantitative estimate of drug-likeness (QED) is 0.411. The third-order valence-electron chi connectivity index (χ3n) is 3.95. The van der Waals surface area contributed by atoms with Gasteiger partial charge < -0.3 is 9.72 Å². The average molecular weight is 442 g/mol. The standard InChI is InChI=1S/C18H11F5N4O2S/c19-14(20)15-24-10-3-1-8(5-12(10)25-15)16(28)27-17-26-11-4-2-9(6-13(11)30-17)29-7-18(21,22)23/h1-6,14H,7H2,(H,24,25)(H,26,27,28). The number of ether oxygens (including phenoxy) is 1. The van der Waals surface area contributed by atoms with Gasteiger partial charge in [0.15, 0.2) is 17.6 Å². The Bertz CT molecular complexity index is 1230. The van der Waals surface area contributed by atoms with Gasteiger partial charge in [-0.05, 0) is 36.4 Å². The van der Waals surface area contributed by atoms with Crippen LogP contribution < -0.4 is 10.1 Å². The van der Waals surface area contributed by atoms with Crippen LogP contribution in [0.5, 0.6) is 5.75 Å². The average Bonchev–Trinajstić information content (AvgIpc) is 3.28. The molecule has 0 aliphatic carbocycles. The van der Waals surface area contributed by atoms with E-state index in [4.69, 9.17) is 4.74 Å². The van der Waals surface area contributed by atoms with Crippen LogP contribution in [0, 0.1) is 0 Å². The summed E-state index contributed by atoms with van der Waals surface area (Å²) in [5, 5.41) is 2.81. The smallest absolute Gasteiger partial charge is 0.422 e. The number of H-pyrrole nitrogens is 1. The molecule has 0 unspecified atom stereocenters. The minimum absolute atomic E-state index is 0.0286. The van der Waals surface area contributed by atoms with E-state index < -0.39 is 30.9 Å². The lowest BCUT2D eigenvalue weighted by Crippen LogP contribution is -2.19. The molecule has 0 bridgehead atoms. The van der Waals surface area contributed by atoms with E-state index in [2.05, 4.69) is 20.3 Å². The molecule has 12 heteroatoms. The maximum Gasteiger partial charge on any atom is 0.422 e. The highest BCUT2D eigenvalue weighted by molar-refractivity contribution is 7.22. The van der Waals surface area contributed by atoms with Gasteiger partial charge >= 0.3 is 6.18 Å². The molecule has 156 valence electrons. The van der Waals surface area contributed by atoms with Crippen LogP contribution in [0.2, 0.25) is 0 Å². The molecule has 0 atom stereocenters. The van der Waals surface area contributed by atoms with Gasteiger partial charge in [-0.1, -0.05) is 11.3 Å². The molecule has 4 rings (SSSR count). The molecule has 2 heterocycles. The summed E-state index contributed by atoms with van der Waals surface area (Å²) in [4.78, 5) is 22.9. The van der Waals surface area contributed by atoms with Crippen LogP contribution in [-0.4, -0.2) is 33.6 Å². The van der Waals surface area contributed by atoms with Gasteiger partial charge in [0.05, 0.1) is 21.3 Å². The fourth-order valence-corrected chi connectivity index (χ4v) is 3.55. The summed E-state index contributed by atoms with van der Waals surface area (Å²) >= 11 is 1.06. The number of thiazole rings is 1. The highest BCUT2D eigenvalue weighted by Gasteiger charge is 2.28. The number of hydrogen-bond donors (Lipinski definition) is 2. The van der Waals surface area contributed by atoms with Crippen molar-refractivity contribution in [3.63, 3.8) is 0 Å². The summed E-state index contributed by atoms with van der Waals surface area (Å²) in [5.74, 6) is -0.990. The molecule has 0 saturated carbocycles. The lowest BCUT2D eigenvalue weighted by atomic mass is 10.2. The molecule has 0 radical (unpaired) electrons. The summed E-state index contributed by atoms with van der Waals surface area (Å²) < 4.78 is 67.5. The van der Waals surface area contributed by atoms with Crippen LogP contribution in [0.15, 0.2) is 36.4 Å². The van der Waals surface area contributed by atoms with Gasteiger partial charge in [0.25, 0.3) is 12.3 Å². The lowest BCUT2D eigenvalue weighted by Gasteiger charge is -2.08. The van der Waals surface area contributed by atoms with Gasteiger partial charge in [0.2, 0.25) is 0 Å². The number of aromatic amines is 1.